The number of nitrogens with one attached hydrogen (secondary N) is 1. The Morgan fingerprint density at radius 1 is 1.28 bits per heavy atom. The summed E-state index contributed by atoms with van der Waals surface area (Å²) in [5.41, 5.74) is 2.84. The van der Waals surface area contributed by atoms with Crippen molar-refractivity contribution >= 4 is 17.2 Å². The first-order valence-corrected chi connectivity index (χ1v) is 8.96. The maximum absolute atomic E-state index is 12.5. The Morgan fingerprint density at radius 2 is 2.04 bits per heavy atom. The maximum Gasteiger partial charge on any atom is 0.263 e. The molecule has 0 unspecified atom stereocenters. The van der Waals surface area contributed by atoms with Gasteiger partial charge in [0.1, 0.15) is 4.88 Å². The molecule has 3 rings (SSSR count). The zero-order chi connectivity index (χ0) is 17.8. The monoisotopic (exact) mass is 356 g/mol. The predicted octanol–water partition coefficient (Wildman–Crippen LogP) is 2.41. The highest BCUT2D eigenvalue weighted by atomic mass is 32.1. The Balaban J connectivity index is 1.69. The first kappa shape index (κ1) is 17.2. The van der Waals surface area contributed by atoms with Gasteiger partial charge in [-0.3, -0.25) is 9.48 Å². The average molecular weight is 356 g/mol. The summed E-state index contributed by atoms with van der Waals surface area (Å²) in [4.78, 5) is 26.1. The van der Waals surface area contributed by atoms with Crippen molar-refractivity contribution in [2.24, 2.45) is 0 Å². The van der Waals surface area contributed by atoms with E-state index >= 15 is 0 Å². The molecule has 0 aliphatic rings. The quantitative estimate of drug-likeness (QED) is 0.733. The van der Waals surface area contributed by atoms with E-state index in [0.717, 1.165) is 17.1 Å². The van der Waals surface area contributed by atoms with Crippen LogP contribution >= 0.6 is 11.3 Å². The topological polar surface area (TPSA) is 85.6 Å². The average Bonchev–Trinajstić information content (AvgIpc) is 3.18. The molecule has 0 radical (unpaired) electrons. The number of rotatable bonds is 6. The van der Waals surface area contributed by atoms with Gasteiger partial charge < -0.3 is 5.32 Å². The summed E-state index contributed by atoms with van der Waals surface area (Å²) in [6.45, 7) is 7.10. The molecule has 3 aromatic heterocycles. The standard InChI is InChI=1S/C17H20N6OS/c1-4-13-14(25-17(21-13)15-18-6-5-7-19-15)16(24)20-8-9-23-12(3)10-11(2)22-23/h5-7,10H,4,8-9H2,1-3H3,(H,20,24). The predicted molar refractivity (Wildman–Crippen MR) is 96.6 cm³/mol. The Morgan fingerprint density at radius 3 is 2.68 bits per heavy atom. The second kappa shape index (κ2) is 7.52. The first-order valence-electron chi connectivity index (χ1n) is 8.14. The van der Waals surface area contributed by atoms with Crippen LogP contribution in [0.5, 0.6) is 0 Å². The van der Waals surface area contributed by atoms with E-state index in [9.17, 15) is 4.79 Å². The molecule has 1 N–H and O–H groups in total. The first-order chi connectivity index (χ1) is 12.1. The minimum atomic E-state index is -0.113. The highest BCUT2D eigenvalue weighted by Gasteiger charge is 2.18. The molecule has 0 aliphatic heterocycles. The van der Waals surface area contributed by atoms with Crippen LogP contribution in [0.4, 0.5) is 0 Å². The van der Waals surface area contributed by atoms with Gasteiger partial charge in [0.05, 0.1) is 17.9 Å². The fourth-order valence-corrected chi connectivity index (χ4v) is 3.55. The van der Waals surface area contributed by atoms with Crippen LogP contribution in [0.2, 0.25) is 0 Å². The van der Waals surface area contributed by atoms with E-state index in [1.807, 2.05) is 31.5 Å². The molecule has 0 spiro atoms. The summed E-state index contributed by atoms with van der Waals surface area (Å²) in [5.74, 6) is 0.432. The molecule has 0 fully saturated rings. The Kier molecular flexibility index (Phi) is 5.18. The molecule has 25 heavy (non-hydrogen) atoms. The van der Waals surface area contributed by atoms with Gasteiger partial charge in [-0.05, 0) is 32.4 Å². The number of aromatic nitrogens is 5. The smallest absolute Gasteiger partial charge is 0.263 e. The van der Waals surface area contributed by atoms with Crippen molar-refractivity contribution < 1.29 is 4.79 Å². The molecule has 0 saturated heterocycles. The molecule has 8 heteroatoms. The third kappa shape index (κ3) is 3.90. The second-order valence-corrected chi connectivity index (χ2v) is 6.63. The third-order valence-electron chi connectivity index (χ3n) is 3.71. The van der Waals surface area contributed by atoms with Gasteiger partial charge in [0.15, 0.2) is 10.8 Å². The van der Waals surface area contributed by atoms with Gasteiger partial charge in [-0.15, -0.1) is 11.3 Å². The summed E-state index contributed by atoms with van der Waals surface area (Å²) in [7, 11) is 0. The van der Waals surface area contributed by atoms with Crippen LogP contribution in [0.3, 0.4) is 0 Å². The molecule has 0 bridgehead atoms. The summed E-state index contributed by atoms with van der Waals surface area (Å²) in [5, 5.41) is 8.02. The molecule has 0 saturated carbocycles. The summed E-state index contributed by atoms with van der Waals surface area (Å²) < 4.78 is 1.90. The highest BCUT2D eigenvalue weighted by molar-refractivity contribution is 7.17. The van der Waals surface area contributed by atoms with E-state index < -0.39 is 0 Å². The van der Waals surface area contributed by atoms with Gasteiger partial charge in [0.2, 0.25) is 0 Å². The lowest BCUT2D eigenvalue weighted by Crippen LogP contribution is -2.27. The Labute approximate surface area is 150 Å². The van der Waals surface area contributed by atoms with E-state index in [4.69, 9.17) is 0 Å². The Hall–Kier alpha value is -2.61. The molecule has 0 atom stereocenters. The minimum absolute atomic E-state index is 0.113. The van der Waals surface area contributed by atoms with Gasteiger partial charge >= 0.3 is 0 Å². The number of hydrogen-bond acceptors (Lipinski definition) is 6. The van der Waals surface area contributed by atoms with Gasteiger partial charge in [0, 0.05) is 24.6 Å². The minimum Gasteiger partial charge on any atom is -0.349 e. The Bertz CT molecular complexity index is 871. The number of thiazole rings is 1. The van der Waals surface area contributed by atoms with Gasteiger partial charge in [-0.2, -0.15) is 5.10 Å². The van der Waals surface area contributed by atoms with Crippen molar-refractivity contribution in [3.8, 4) is 10.8 Å². The van der Waals surface area contributed by atoms with E-state index in [-0.39, 0.29) is 5.91 Å². The van der Waals surface area contributed by atoms with Crippen LogP contribution in [0, 0.1) is 13.8 Å². The van der Waals surface area contributed by atoms with Crippen LogP contribution in [0.15, 0.2) is 24.5 Å². The van der Waals surface area contributed by atoms with E-state index in [1.54, 1.807) is 18.5 Å². The van der Waals surface area contributed by atoms with Gasteiger partial charge in [-0.25, -0.2) is 15.0 Å². The lowest BCUT2D eigenvalue weighted by atomic mass is 10.3. The van der Waals surface area contributed by atoms with E-state index in [1.165, 1.54) is 11.3 Å². The fourth-order valence-electron chi connectivity index (χ4n) is 2.53. The number of carbonyl (C=O) groups is 1. The summed E-state index contributed by atoms with van der Waals surface area (Å²) in [6.07, 6.45) is 4.02. The molecular weight excluding hydrogens is 336 g/mol. The van der Waals surface area contributed by atoms with Crippen molar-refractivity contribution in [1.82, 2.24) is 30.0 Å². The molecule has 7 nitrogen and oxygen atoms in total. The number of aryl methyl sites for hydroxylation is 3. The van der Waals surface area contributed by atoms with Crippen molar-refractivity contribution in [1.29, 1.82) is 0 Å². The fraction of sp³-hybridized carbons (Fsp3) is 0.353. The second-order valence-electron chi connectivity index (χ2n) is 5.63. The summed E-state index contributed by atoms with van der Waals surface area (Å²) in [6, 6.07) is 3.77. The molecule has 0 aromatic carbocycles. The molecule has 3 heterocycles. The van der Waals surface area contributed by atoms with Crippen molar-refractivity contribution in [2.45, 2.75) is 33.7 Å². The van der Waals surface area contributed by atoms with Gasteiger partial charge in [0.25, 0.3) is 5.91 Å². The molecule has 3 aromatic rings. The van der Waals surface area contributed by atoms with Crippen LogP contribution < -0.4 is 5.32 Å². The molecule has 0 aliphatic carbocycles. The van der Waals surface area contributed by atoms with Crippen molar-refractivity contribution in [2.75, 3.05) is 6.54 Å². The van der Waals surface area contributed by atoms with Crippen molar-refractivity contribution in [3.05, 3.63) is 46.5 Å². The van der Waals surface area contributed by atoms with Gasteiger partial charge in [-0.1, -0.05) is 6.92 Å². The number of carbonyl (C=O) groups excluding carboxylic acids is 1. The molecular formula is C17H20N6OS. The van der Waals surface area contributed by atoms with E-state index in [0.29, 0.717) is 35.2 Å². The highest BCUT2D eigenvalue weighted by Crippen LogP contribution is 2.25. The number of nitrogens with zero attached hydrogens (tertiary/aromatic N) is 5. The lowest BCUT2D eigenvalue weighted by molar-refractivity contribution is 0.0955. The van der Waals surface area contributed by atoms with E-state index in [2.05, 4.69) is 25.4 Å². The van der Waals surface area contributed by atoms with Crippen molar-refractivity contribution in [3.63, 3.8) is 0 Å². The largest absolute Gasteiger partial charge is 0.349 e. The van der Waals surface area contributed by atoms with Crippen LogP contribution in [-0.4, -0.2) is 37.2 Å². The third-order valence-corrected chi connectivity index (χ3v) is 4.80. The maximum atomic E-state index is 12.5. The van der Waals surface area contributed by atoms with Crippen LogP contribution in [0.25, 0.3) is 10.8 Å². The molecule has 1 amide bonds. The zero-order valence-electron chi connectivity index (χ0n) is 14.5. The van der Waals surface area contributed by atoms with Crippen LogP contribution in [0.1, 0.15) is 33.7 Å². The zero-order valence-corrected chi connectivity index (χ0v) is 15.3. The number of amides is 1. The summed E-state index contributed by atoms with van der Waals surface area (Å²) >= 11 is 1.33. The van der Waals surface area contributed by atoms with Crippen LogP contribution in [-0.2, 0) is 13.0 Å². The number of hydrogen-bond donors (Lipinski definition) is 1. The normalized spacial score (nSPS) is 10.8. The lowest BCUT2D eigenvalue weighted by Gasteiger charge is -2.06. The molecule has 130 valence electrons. The SMILES string of the molecule is CCc1nc(-c2ncccn2)sc1C(=O)NCCn1nc(C)cc1C.